The lowest BCUT2D eigenvalue weighted by Gasteiger charge is -2.20. The van der Waals surface area contributed by atoms with Gasteiger partial charge in [-0.1, -0.05) is 12.1 Å². The Kier molecular flexibility index (Phi) is 2.75. The second-order valence-corrected chi connectivity index (χ2v) is 4.48. The summed E-state index contributed by atoms with van der Waals surface area (Å²) in [5.74, 6) is -0.266. The van der Waals surface area contributed by atoms with Crippen molar-refractivity contribution < 1.29 is 9.59 Å². The molecule has 0 radical (unpaired) electrons. The molecule has 3 amide bonds. The molecule has 5 heteroatoms. The topological polar surface area (TPSA) is 84.2 Å². The molecule has 1 atom stereocenters. The van der Waals surface area contributed by atoms with Gasteiger partial charge in [0.15, 0.2) is 0 Å². The van der Waals surface area contributed by atoms with E-state index < -0.39 is 11.6 Å². The summed E-state index contributed by atoms with van der Waals surface area (Å²) in [6.45, 7) is 1.73. The van der Waals surface area contributed by atoms with E-state index >= 15 is 0 Å². The fourth-order valence-electron chi connectivity index (χ4n) is 1.83. The van der Waals surface area contributed by atoms with E-state index in [4.69, 9.17) is 5.73 Å². The van der Waals surface area contributed by atoms with Crippen molar-refractivity contribution in [3.8, 4) is 0 Å². The Labute approximate surface area is 99.4 Å². The molecule has 2 rings (SSSR count). The maximum atomic E-state index is 11.6. The highest BCUT2D eigenvalue weighted by atomic mass is 16.2. The molecule has 0 aliphatic carbocycles. The van der Waals surface area contributed by atoms with Crippen LogP contribution in [-0.2, 0) is 11.2 Å². The van der Waals surface area contributed by atoms with E-state index in [1.54, 1.807) is 6.92 Å². The lowest BCUT2D eigenvalue weighted by atomic mass is 9.93. The van der Waals surface area contributed by atoms with Gasteiger partial charge in [-0.05, 0) is 37.5 Å². The number of amides is 3. The van der Waals surface area contributed by atoms with Crippen molar-refractivity contribution in [1.29, 1.82) is 0 Å². The van der Waals surface area contributed by atoms with Crippen LogP contribution in [-0.4, -0.2) is 17.5 Å². The van der Waals surface area contributed by atoms with E-state index in [2.05, 4.69) is 10.6 Å². The molecule has 1 heterocycles. The van der Waals surface area contributed by atoms with Crippen LogP contribution in [0.5, 0.6) is 0 Å². The lowest BCUT2D eigenvalue weighted by Crippen LogP contribution is -2.43. The number of aryl methyl sites for hydroxylation is 1. The quantitative estimate of drug-likeness (QED) is 0.533. The number of imide groups is 1. The number of carbonyl (C=O) groups is 2. The summed E-state index contributed by atoms with van der Waals surface area (Å²) in [4.78, 5) is 22.6. The molecular formula is C12H15N3O2. The summed E-state index contributed by atoms with van der Waals surface area (Å²) in [6.07, 6.45) is 1.28. The lowest BCUT2D eigenvalue weighted by molar-refractivity contribution is -0.123. The molecule has 0 bridgehead atoms. The Hall–Kier alpha value is -2.04. The smallest absolute Gasteiger partial charge is 0.322 e. The second-order valence-electron chi connectivity index (χ2n) is 4.48. The normalized spacial score (nSPS) is 23.4. The maximum Gasteiger partial charge on any atom is 0.322 e. The average Bonchev–Trinajstić information content (AvgIpc) is 2.52. The number of urea groups is 1. The third-order valence-electron chi connectivity index (χ3n) is 3.01. The first-order valence-electron chi connectivity index (χ1n) is 5.48. The fourth-order valence-corrected chi connectivity index (χ4v) is 1.83. The van der Waals surface area contributed by atoms with Gasteiger partial charge in [0.2, 0.25) is 0 Å². The van der Waals surface area contributed by atoms with Gasteiger partial charge < -0.3 is 11.1 Å². The number of hydrogen-bond acceptors (Lipinski definition) is 3. The number of nitrogens with one attached hydrogen (secondary N) is 2. The third-order valence-corrected chi connectivity index (χ3v) is 3.01. The zero-order valence-corrected chi connectivity index (χ0v) is 9.62. The van der Waals surface area contributed by atoms with Crippen LogP contribution in [0.15, 0.2) is 24.3 Å². The van der Waals surface area contributed by atoms with Crippen LogP contribution in [0.4, 0.5) is 10.5 Å². The van der Waals surface area contributed by atoms with E-state index in [-0.39, 0.29) is 5.91 Å². The van der Waals surface area contributed by atoms with Gasteiger partial charge in [-0.25, -0.2) is 4.79 Å². The van der Waals surface area contributed by atoms with Crippen molar-refractivity contribution in [3.05, 3.63) is 29.8 Å². The largest absolute Gasteiger partial charge is 0.399 e. The summed E-state index contributed by atoms with van der Waals surface area (Å²) in [5.41, 5.74) is 6.59. The Balaban J connectivity index is 2.00. The number of carbonyl (C=O) groups excluding carboxylic acids is 2. The highest BCUT2D eigenvalue weighted by Crippen LogP contribution is 2.18. The monoisotopic (exact) mass is 233 g/mol. The Morgan fingerprint density at radius 3 is 2.41 bits per heavy atom. The first-order valence-corrected chi connectivity index (χ1v) is 5.48. The van der Waals surface area contributed by atoms with Crippen LogP contribution in [0.1, 0.15) is 18.9 Å². The summed E-state index contributed by atoms with van der Waals surface area (Å²) in [6, 6.07) is 7.08. The SMILES string of the molecule is CC1(CCc2ccc(N)cc2)NC(=O)NC1=O. The maximum absolute atomic E-state index is 11.6. The summed E-state index contributed by atoms with van der Waals surface area (Å²) >= 11 is 0. The molecule has 4 N–H and O–H groups in total. The van der Waals surface area contributed by atoms with Crippen LogP contribution < -0.4 is 16.4 Å². The minimum absolute atomic E-state index is 0.266. The predicted octanol–water partition coefficient (Wildman–Crippen LogP) is 0.800. The summed E-state index contributed by atoms with van der Waals surface area (Å²) < 4.78 is 0. The van der Waals surface area contributed by atoms with E-state index in [9.17, 15) is 9.59 Å². The molecule has 1 aliphatic rings. The molecule has 0 spiro atoms. The van der Waals surface area contributed by atoms with Gasteiger partial charge in [-0.2, -0.15) is 0 Å². The van der Waals surface area contributed by atoms with Crippen LogP contribution in [0.25, 0.3) is 0 Å². The molecule has 90 valence electrons. The molecule has 17 heavy (non-hydrogen) atoms. The highest BCUT2D eigenvalue weighted by Gasteiger charge is 2.41. The average molecular weight is 233 g/mol. The molecule has 0 saturated carbocycles. The number of nitrogen functional groups attached to an aromatic ring is 1. The van der Waals surface area contributed by atoms with Crippen molar-refractivity contribution >= 4 is 17.6 Å². The number of rotatable bonds is 3. The molecule has 1 fully saturated rings. The third kappa shape index (κ3) is 2.38. The Morgan fingerprint density at radius 1 is 1.24 bits per heavy atom. The molecule has 1 aromatic carbocycles. The summed E-state index contributed by atoms with van der Waals surface area (Å²) in [7, 11) is 0. The zero-order chi connectivity index (χ0) is 12.5. The van der Waals surface area contributed by atoms with Crippen molar-refractivity contribution in [1.82, 2.24) is 10.6 Å². The summed E-state index contributed by atoms with van der Waals surface area (Å²) in [5, 5.41) is 4.88. The number of benzene rings is 1. The first kappa shape index (κ1) is 11.4. The van der Waals surface area contributed by atoms with Crippen LogP contribution in [0.3, 0.4) is 0 Å². The minimum atomic E-state index is -0.807. The molecule has 1 aliphatic heterocycles. The van der Waals surface area contributed by atoms with Crippen molar-refractivity contribution in [2.75, 3.05) is 5.73 Å². The number of hydrogen-bond donors (Lipinski definition) is 3. The highest BCUT2D eigenvalue weighted by molar-refractivity contribution is 6.06. The zero-order valence-electron chi connectivity index (χ0n) is 9.62. The van der Waals surface area contributed by atoms with Crippen molar-refractivity contribution in [2.24, 2.45) is 0 Å². The Morgan fingerprint density at radius 2 is 1.88 bits per heavy atom. The van der Waals surface area contributed by atoms with E-state index in [1.807, 2.05) is 24.3 Å². The standard InChI is InChI=1S/C12H15N3O2/c1-12(10(16)14-11(17)15-12)7-6-8-2-4-9(13)5-3-8/h2-5H,6-7,13H2,1H3,(H2,14,15,16,17). The van der Waals surface area contributed by atoms with Gasteiger partial charge in [-0.3, -0.25) is 10.1 Å². The van der Waals surface area contributed by atoms with E-state index in [1.165, 1.54) is 0 Å². The van der Waals surface area contributed by atoms with Gasteiger partial charge in [-0.15, -0.1) is 0 Å². The van der Waals surface area contributed by atoms with Crippen LogP contribution in [0, 0.1) is 0 Å². The molecule has 5 nitrogen and oxygen atoms in total. The number of nitrogens with two attached hydrogens (primary N) is 1. The Bertz CT molecular complexity index is 455. The van der Waals surface area contributed by atoms with Crippen LogP contribution in [0.2, 0.25) is 0 Å². The van der Waals surface area contributed by atoms with E-state index in [0.29, 0.717) is 18.5 Å². The fraction of sp³-hybridized carbons (Fsp3) is 0.333. The minimum Gasteiger partial charge on any atom is -0.399 e. The van der Waals surface area contributed by atoms with Gasteiger partial charge in [0, 0.05) is 5.69 Å². The molecule has 0 aromatic heterocycles. The van der Waals surface area contributed by atoms with Crippen molar-refractivity contribution in [3.63, 3.8) is 0 Å². The molecule has 1 aromatic rings. The number of anilines is 1. The van der Waals surface area contributed by atoms with Gasteiger partial charge >= 0.3 is 6.03 Å². The van der Waals surface area contributed by atoms with Gasteiger partial charge in [0.05, 0.1) is 0 Å². The van der Waals surface area contributed by atoms with Crippen molar-refractivity contribution in [2.45, 2.75) is 25.3 Å². The molecular weight excluding hydrogens is 218 g/mol. The first-order chi connectivity index (χ1) is 7.99. The van der Waals surface area contributed by atoms with Gasteiger partial charge in [0.25, 0.3) is 5.91 Å². The molecule has 1 unspecified atom stereocenters. The van der Waals surface area contributed by atoms with Crippen LogP contribution >= 0.6 is 0 Å². The van der Waals surface area contributed by atoms with E-state index in [0.717, 1.165) is 5.56 Å². The second kappa shape index (κ2) is 4.08. The van der Waals surface area contributed by atoms with Gasteiger partial charge in [0.1, 0.15) is 5.54 Å². The predicted molar refractivity (Wildman–Crippen MR) is 64.3 cm³/mol. The molecule has 1 saturated heterocycles.